The summed E-state index contributed by atoms with van der Waals surface area (Å²) in [4.78, 5) is 27.3. The van der Waals surface area contributed by atoms with E-state index in [1.165, 1.54) is 4.90 Å². The summed E-state index contributed by atoms with van der Waals surface area (Å²) >= 11 is 0. The van der Waals surface area contributed by atoms with Gasteiger partial charge in [-0.1, -0.05) is 6.92 Å². The van der Waals surface area contributed by atoms with E-state index in [1.54, 1.807) is 19.0 Å². The first-order valence-corrected chi connectivity index (χ1v) is 6.76. The molecule has 5 nitrogen and oxygen atoms in total. The molecule has 0 spiro atoms. The fourth-order valence-electron chi connectivity index (χ4n) is 2.16. The summed E-state index contributed by atoms with van der Waals surface area (Å²) in [5.74, 6) is 0.153. The van der Waals surface area contributed by atoms with E-state index in [2.05, 4.69) is 5.32 Å². The van der Waals surface area contributed by atoms with Gasteiger partial charge in [0.05, 0.1) is 12.5 Å². The number of piperidine rings is 1. The molecule has 104 valence electrons. The second-order valence-corrected chi connectivity index (χ2v) is 5.09. The Labute approximate surface area is 110 Å². The van der Waals surface area contributed by atoms with E-state index in [4.69, 9.17) is 0 Å². The maximum atomic E-state index is 12.4. The number of nitrogens with one attached hydrogen (secondary N) is 1. The Hall–Kier alpha value is -1.10. The zero-order valence-corrected chi connectivity index (χ0v) is 11.7. The number of hydrogen-bond acceptors (Lipinski definition) is 3. The minimum atomic E-state index is -0.0134. The highest BCUT2D eigenvalue weighted by atomic mass is 16.2. The summed E-state index contributed by atoms with van der Waals surface area (Å²) < 4.78 is 0. The van der Waals surface area contributed by atoms with Gasteiger partial charge in [0.1, 0.15) is 0 Å². The lowest BCUT2D eigenvalue weighted by Crippen LogP contribution is -2.46. The molecule has 1 aliphatic heterocycles. The highest BCUT2D eigenvalue weighted by molar-refractivity contribution is 5.85. The second kappa shape index (κ2) is 7.36. The van der Waals surface area contributed by atoms with Crippen LogP contribution in [0.2, 0.25) is 0 Å². The van der Waals surface area contributed by atoms with Crippen LogP contribution in [0.15, 0.2) is 0 Å². The van der Waals surface area contributed by atoms with Gasteiger partial charge >= 0.3 is 0 Å². The molecule has 0 radical (unpaired) electrons. The van der Waals surface area contributed by atoms with Crippen LogP contribution in [-0.4, -0.2) is 61.9 Å². The lowest BCUT2D eigenvalue weighted by molar-refractivity contribution is -0.142. The molecule has 0 aromatic rings. The highest BCUT2D eigenvalue weighted by Crippen LogP contribution is 2.13. The number of carbonyl (C=O) groups excluding carboxylic acids is 2. The van der Waals surface area contributed by atoms with Gasteiger partial charge in [-0.05, 0) is 25.8 Å². The minimum Gasteiger partial charge on any atom is -0.347 e. The second-order valence-electron chi connectivity index (χ2n) is 5.09. The largest absolute Gasteiger partial charge is 0.347 e. The van der Waals surface area contributed by atoms with Crippen molar-refractivity contribution >= 4 is 11.8 Å². The summed E-state index contributed by atoms with van der Waals surface area (Å²) in [5, 5.41) is 3.25. The highest BCUT2D eigenvalue weighted by Gasteiger charge is 2.26. The molecular formula is C13H25N3O2. The Morgan fingerprint density at radius 2 is 2.06 bits per heavy atom. The Kier molecular flexibility index (Phi) is 6.12. The third-order valence-electron chi connectivity index (χ3n) is 3.28. The molecule has 0 aromatic carbocycles. The molecule has 1 aliphatic rings. The van der Waals surface area contributed by atoms with Gasteiger partial charge in [0.25, 0.3) is 0 Å². The number of hydrogen-bond donors (Lipinski definition) is 1. The molecule has 2 amide bonds. The molecule has 18 heavy (non-hydrogen) atoms. The van der Waals surface area contributed by atoms with Gasteiger partial charge in [-0.2, -0.15) is 0 Å². The molecule has 1 N–H and O–H groups in total. The van der Waals surface area contributed by atoms with Crippen LogP contribution in [0.5, 0.6) is 0 Å². The van der Waals surface area contributed by atoms with Crippen molar-refractivity contribution in [2.45, 2.75) is 26.2 Å². The fraction of sp³-hybridized carbons (Fsp3) is 0.846. The lowest BCUT2D eigenvalue weighted by Gasteiger charge is -2.29. The van der Waals surface area contributed by atoms with Gasteiger partial charge in [-0.15, -0.1) is 0 Å². The van der Waals surface area contributed by atoms with Crippen LogP contribution in [0.1, 0.15) is 26.2 Å². The molecular weight excluding hydrogens is 230 g/mol. The maximum Gasteiger partial charge on any atom is 0.241 e. The van der Waals surface area contributed by atoms with Crippen LogP contribution in [0.3, 0.4) is 0 Å². The first-order valence-electron chi connectivity index (χ1n) is 6.76. The number of amides is 2. The zero-order chi connectivity index (χ0) is 13.5. The van der Waals surface area contributed by atoms with Gasteiger partial charge < -0.3 is 15.1 Å². The number of rotatable bonds is 5. The van der Waals surface area contributed by atoms with E-state index in [0.29, 0.717) is 6.54 Å². The molecule has 5 heteroatoms. The van der Waals surface area contributed by atoms with Gasteiger partial charge in [-0.25, -0.2) is 0 Å². The van der Waals surface area contributed by atoms with Crippen LogP contribution >= 0.6 is 0 Å². The quantitative estimate of drug-likeness (QED) is 0.769. The topological polar surface area (TPSA) is 52.7 Å². The molecule has 1 rings (SSSR count). The maximum absolute atomic E-state index is 12.4. The van der Waals surface area contributed by atoms with Crippen LogP contribution in [0.4, 0.5) is 0 Å². The molecule has 1 fully saturated rings. The Balaban J connectivity index is 2.58. The van der Waals surface area contributed by atoms with Gasteiger partial charge in [0, 0.05) is 27.2 Å². The Bertz CT molecular complexity index is 286. The van der Waals surface area contributed by atoms with Gasteiger partial charge in [0.2, 0.25) is 11.8 Å². The molecule has 1 saturated heterocycles. The van der Waals surface area contributed by atoms with Crippen molar-refractivity contribution in [1.82, 2.24) is 15.1 Å². The zero-order valence-electron chi connectivity index (χ0n) is 11.7. The first kappa shape index (κ1) is 15.0. The lowest BCUT2D eigenvalue weighted by atomic mass is 9.98. The summed E-state index contributed by atoms with van der Waals surface area (Å²) in [6.07, 6.45) is 2.85. The molecule has 0 aromatic heterocycles. The molecule has 0 aliphatic carbocycles. The van der Waals surface area contributed by atoms with Crippen LogP contribution < -0.4 is 5.32 Å². The summed E-state index contributed by atoms with van der Waals surface area (Å²) in [7, 11) is 3.44. The molecule has 0 unspecified atom stereocenters. The van der Waals surface area contributed by atoms with Crippen molar-refractivity contribution in [2.75, 3.05) is 40.3 Å². The number of carbonyl (C=O) groups is 2. The normalized spacial score (nSPS) is 19.4. The van der Waals surface area contributed by atoms with Gasteiger partial charge in [-0.3, -0.25) is 9.59 Å². The van der Waals surface area contributed by atoms with E-state index in [9.17, 15) is 9.59 Å². The molecule has 0 saturated carbocycles. The van der Waals surface area contributed by atoms with Crippen molar-refractivity contribution in [2.24, 2.45) is 5.92 Å². The van der Waals surface area contributed by atoms with Crippen LogP contribution in [-0.2, 0) is 9.59 Å². The monoisotopic (exact) mass is 255 g/mol. The standard InChI is InChI=1S/C13H25N3O2/c1-4-8-16(10-12(17)15(2)3)13(18)11-6-5-7-14-9-11/h11,14H,4-10H2,1-3H3/t11-/m0/s1. The molecule has 1 heterocycles. The van der Waals surface area contributed by atoms with Crippen LogP contribution in [0, 0.1) is 5.92 Å². The van der Waals surface area contributed by atoms with E-state index in [1.807, 2.05) is 6.92 Å². The van der Waals surface area contributed by atoms with Crippen molar-refractivity contribution in [1.29, 1.82) is 0 Å². The minimum absolute atomic E-state index is 0.0134. The third-order valence-corrected chi connectivity index (χ3v) is 3.28. The average molecular weight is 255 g/mol. The predicted molar refractivity (Wildman–Crippen MR) is 71.2 cm³/mol. The van der Waals surface area contributed by atoms with Crippen molar-refractivity contribution in [3.63, 3.8) is 0 Å². The first-order chi connectivity index (χ1) is 8.56. The molecule has 0 bridgehead atoms. The third kappa shape index (κ3) is 4.29. The van der Waals surface area contributed by atoms with Crippen molar-refractivity contribution < 1.29 is 9.59 Å². The SMILES string of the molecule is CCCN(CC(=O)N(C)C)C(=O)[C@H]1CCCNC1. The summed E-state index contributed by atoms with van der Waals surface area (Å²) in [5.41, 5.74) is 0. The Morgan fingerprint density at radius 3 is 2.56 bits per heavy atom. The summed E-state index contributed by atoms with van der Waals surface area (Å²) in [6.45, 7) is 4.63. The van der Waals surface area contributed by atoms with Crippen LogP contribution in [0.25, 0.3) is 0 Å². The van der Waals surface area contributed by atoms with E-state index < -0.39 is 0 Å². The van der Waals surface area contributed by atoms with E-state index >= 15 is 0 Å². The number of likely N-dealkylation sites (N-methyl/N-ethyl adjacent to an activating group) is 1. The molecule has 1 atom stereocenters. The smallest absolute Gasteiger partial charge is 0.241 e. The van der Waals surface area contributed by atoms with Gasteiger partial charge in [0.15, 0.2) is 0 Å². The van der Waals surface area contributed by atoms with E-state index in [-0.39, 0.29) is 24.3 Å². The number of nitrogens with zero attached hydrogens (tertiary/aromatic N) is 2. The Morgan fingerprint density at radius 1 is 1.33 bits per heavy atom. The van der Waals surface area contributed by atoms with Crippen molar-refractivity contribution in [3.05, 3.63) is 0 Å². The predicted octanol–water partition coefficient (Wildman–Crippen LogP) is 0.313. The van der Waals surface area contributed by atoms with E-state index in [0.717, 1.165) is 32.4 Å². The average Bonchev–Trinajstić information content (AvgIpc) is 2.38. The summed E-state index contributed by atoms with van der Waals surface area (Å²) in [6, 6.07) is 0. The fourth-order valence-corrected chi connectivity index (χ4v) is 2.16. The van der Waals surface area contributed by atoms with Crippen molar-refractivity contribution in [3.8, 4) is 0 Å².